The van der Waals surface area contributed by atoms with Crippen molar-refractivity contribution in [1.82, 2.24) is 0 Å². The second kappa shape index (κ2) is 4.89. The smallest absolute Gasteiger partial charge is 0.320 e. The first-order chi connectivity index (χ1) is 7.71. The molecule has 1 aromatic rings. The molecule has 0 spiro atoms. The van der Waals surface area contributed by atoms with Crippen molar-refractivity contribution in [3.05, 3.63) is 38.9 Å². The van der Waals surface area contributed by atoms with E-state index in [0.717, 1.165) is 12.1 Å². The summed E-state index contributed by atoms with van der Waals surface area (Å²) in [6.45, 7) is 0. The van der Waals surface area contributed by atoms with E-state index in [1.807, 2.05) is 0 Å². The third-order valence-electron chi connectivity index (χ3n) is 2.10. The highest BCUT2D eigenvalue weighted by Crippen LogP contribution is 2.27. The van der Waals surface area contributed by atoms with E-state index < -0.39 is 23.6 Å². The van der Waals surface area contributed by atoms with E-state index in [2.05, 4.69) is 0 Å². The quantitative estimate of drug-likeness (QED) is 0.677. The number of hydrogen-bond acceptors (Lipinski definition) is 3. The van der Waals surface area contributed by atoms with Crippen LogP contribution in [-0.4, -0.2) is 17.1 Å². The highest BCUT2D eigenvalue weighted by atomic mass is 35.5. The van der Waals surface area contributed by atoms with Crippen molar-refractivity contribution >= 4 is 17.3 Å². The van der Waals surface area contributed by atoms with Gasteiger partial charge in [-0.2, -0.15) is 13.2 Å². The van der Waals surface area contributed by atoms with Crippen molar-refractivity contribution in [3.8, 4) is 0 Å². The number of benzene rings is 1. The van der Waals surface area contributed by atoms with E-state index in [0.29, 0.717) is 0 Å². The van der Waals surface area contributed by atoms with E-state index >= 15 is 0 Å². The Labute approximate surface area is 99.3 Å². The van der Waals surface area contributed by atoms with E-state index in [1.54, 1.807) is 0 Å². The van der Waals surface area contributed by atoms with Crippen LogP contribution in [0.5, 0.6) is 0 Å². The molecule has 4 nitrogen and oxygen atoms in total. The van der Waals surface area contributed by atoms with Crippen molar-refractivity contribution in [2.24, 2.45) is 5.73 Å². The molecule has 0 aliphatic carbocycles. The molecule has 8 heteroatoms. The largest absolute Gasteiger partial charge is 0.403 e. The molecule has 1 atom stereocenters. The summed E-state index contributed by atoms with van der Waals surface area (Å²) >= 11 is 5.65. The topological polar surface area (TPSA) is 69.2 Å². The zero-order valence-corrected chi connectivity index (χ0v) is 9.13. The van der Waals surface area contributed by atoms with Gasteiger partial charge in [-0.3, -0.25) is 10.1 Å². The van der Waals surface area contributed by atoms with Gasteiger partial charge in [0.25, 0.3) is 5.69 Å². The molecular weight excluding hydrogens is 261 g/mol. The summed E-state index contributed by atoms with van der Waals surface area (Å²) in [5.41, 5.74) is 4.61. The second-order valence-corrected chi connectivity index (χ2v) is 3.79. The number of halogens is 4. The summed E-state index contributed by atoms with van der Waals surface area (Å²) in [7, 11) is 0. The number of nitrogens with zero attached hydrogens (tertiary/aromatic N) is 1. The van der Waals surface area contributed by atoms with Crippen LogP contribution in [0.3, 0.4) is 0 Å². The van der Waals surface area contributed by atoms with Crippen LogP contribution in [0.4, 0.5) is 18.9 Å². The lowest BCUT2D eigenvalue weighted by atomic mass is 10.1. The van der Waals surface area contributed by atoms with Crippen LogP contribution >= 0.6 is 11.6 Å². The van der Waals surface area contributed by atoms with Crippen molar-refractivity contribution in [2.45, 2.75) is 18.6 Å². The molecule has 0 radical (unpaired) electrons. The van der Waals surface area contributed by atoms with Gasteiger partial charge < -0.3 is 5.73 Å². The lowest BCUT2D eigenvalue weighted by Gasteiger charge is -2.15. The van der Waals surface area contributed by atoms with Crippen LogP contribution < -0.4 is 5.73 Å². The van der Waals surface area contributed by atoms with Gasteiger partial charge in [0.1, 0.15) is 6.04 Å². The third-order valence-corrected chi connectivity index (χ3v) is 2.47. The summed E-state index contributed by atoms with van der Waals surface area (Å²) in [4.78, 5) is 9.75. The highest BCUT2D eigenvalue weighted by molar-refractivity contribution is 6.31. The Morgan fingerprint density at radius 2 is 2.06 bits per heavy atom. The normalized spacial score (nSPS) is 13.5. The fourth-order valence-electron chi connectivity index (χ4n) is 1.18. The lowest BCUT2D eigenvalue weighted by Crippen LogP contribution is -2.39. The van der Waals surface area contributed by atoms with Crippen LogP contribution in [0.1, 0.15) is 5.56 Å². The lowest BCUT2D eigenvalue weighted by molar-refractivity contribution is -0.384. The van der Waals surface area contributed by atoms with Gasteiger partial charge in [0.05, 0.1) is 4.92 Å². The summed E-state index contributed by atoms with van der Waals surface area (Å²) < 4.78 is 36.7. The van der Waals surface area contributed by atoms with E-state index in [-0.39, 0.29) is 16.3 Å². The van der Waals surface area contributed by atoms with Gasteiger partial charge in [-0.1, -0.05) is 11.6 Å². The number of non-ortho nitro benzene ring substituents is 1. The Hall–Kier alpha value is -1.34. The van der Waals surface area contributed by atoms with Crippen LogP contribution in [-0.2, 0) is 6.42 Å². The maximum Gasteiger partial charge on any atom is 0.403 e. The van der Waals surface area contributed by atoms with Gasteiger partial charge in [0.15, 0.2) is 0 Å². The Kier molecular flexibility index (Phi) is 3.94. The number of alkyl halides is 3. The fourth-order valence-corrected chi connectivity index (χ4v) is 1.38. The molecule has 0 saturated heterocycles. The summed E-state index contributed by atoms with van der Waals surface area (Å²) in [5.74, 6) is 0. The number of nitro benzene ring substituents is 1. The molecular formula is C9H8ClF3N2O2. The maximum atomic E-state index is 12.2. The first-order valence-electron chi connectivity index (χ1n) is 4.47. The Bertz CT molecular complexity index is 437. The minimum Gasteiger partial charge on any atom is -0.320 e. The number of hydrogen-bond donors (Lipinski definition) is 1. The van der Waals surface area contributed by atoms with Crippen LogP contribution in [0.15, 0.2) is 18.2 Å². The monoisotopic (exact) mass is 268 g/mol. The molecule has 17 heavy (non-hydrogen) atoms. The number of rotatable bonds is 3. The summed E-state index contributed by atoms with van der Waals surface area (Å²) in [6.07, 6.45) is -5.15. The molecule has 1 rings (SSSR count). The molecule has 1 aromatic carbocycles. The second-order valence-electron chi connectivity index (χ2n) is 3.39. The van der Waals surface area contributed by atoms with Gasteiger partial charge in [0.2, 0.25) is 0 Å². The van der Waals surface area contributed by atoms with Crippen LogP contribution in [0, 0.1) is 10.1 Å². The van der Waals surface area contributed by atoms with Crippen molar-refractivity contribution in [2.75, 3.05) is 0 Å². The molecule has 0 aliphatic rings. The van der Waals surface area contributed by atoms with Gasteiger partial charge in [-0.05, 0) is 18.1 Å². The Morgan fingerprint density at radius 1 is 1.47 bits per heavy atom. The Balaban J connectivity index is 2.98. The van der Waals surface area contributed by atoms with Crippen molar-refractivity contribution in [3.63, 3.8) is 0 Å². The van der Waals surface area contributed by atoms with Crippen molar-refractivity contribution in [1.29, 1.82) is 0 Å². The third kappa shape index (κ3) is 3.57. The molecule has 0 aromatic heterocycles. The fraction of sp³-hybridized carbons (Fsp3) is 0.333. The predicted molar refractivity (Wildman–Crippen MR) is 55.8 cm³/mol. The molecule has 0 fully saturated rings. The van der Waals surface area contributed by atoms with Crippen LogP contribution in [0.25, 0.3) is 0 Å². The molecule has 0 bridgehead atoms. The summed E-state index contributed by atoms with van der Waals surface area (Å²) in [5, 5.41) is 10.5. The van der Waals surface area contributed by atoms with Gasteiger partial charge in [-0.15, -0.1) is 0 Å². The predicted octanol–water partition coefficient (Wildman–Crippen LogP) is 2.68. The number of nitro groups is 1. The van der Waals surface area contributed by atoms with Gasteiger partial charge >= 0.3 is 6.18 Å². The Morgan fingerprint density at radius 3 is 2.53 bits per heavy atom. The van der Waals surface area contributed by atoms with Gasteiger partial charge in [-0.25, -0.2) is 0 Å². The minimum atomic E-state index is -4.56. The van der Waals surface area contributed by atoms with Crippen LogP contribution in [0.2, 0.25) is 5.02 Å². The zero-order chi connectivity index (χ0) is 13.2. The molecule has 1 unspecified atom stereocenters. The number of nitrogens with two attached hydrogens (primary N) is 1. The highest BCUT2D eigenvalue weighted by Gasteiger charge is 2.37. The summed E-state index contributed by atoms with van der Waals surface area (Å²) in [6, 6.07) is 1.19. The standard InChI is InChI=1S/C9H8ClF3N2O2/c10-7-2-1-6(15(16)17)3-5(7)4-8(14)9(11,12)13/h1-3,8H,4,14H2. The van der Waals surface area contributed by atoms with E-state index in [4.69, 9.17) is 17.3 Å². The molecule has 94 valence electrons. The minimum absolute atomic E-state index is 0.00527. The average Bonchev–Trinajstić information content (AvgIpc) is 2.19. The average molecular weight is 269 g/mol. The first kappa shape index (κ1) is 13.7. The molecule has 0 saturated carbocycles. The molecule has 0 amide bonds. The van der Waals surface area contributed by atoms with Crippen molar-refractivity contribution < 1.29 is 18.1 Å². The first-order valence-corrected chi connectivity index (χ1v) is 4.84. The zero-order valence-electron chi connectivity index (χ0n) is 8.37. The van der Waals surface area contributed by atoms with E-state index in [9.17, 15) is 23.3 Å². The molecule has 2 N–H and O–H groups in total. The SMILES string of the molecule is NC(Cc1cc([N+](=O)[O-])ccc1Cl)C(F)(F)F. The van der Waals surface area contributed by atoms with E-state index in [1.165, 1.54) is 6.07 Å². The molecule has 0 heterocycles. The molecule has 0 aliphatic heterocycles. The maximum absolute atomic E-state index is 12.2. The van der Waals surface area contributed by atoms with Gasteiger partial charge in [0, 0.05) is 17.2 Å².